The number of benzene rings is 3. The van der Waals surface area contributed by atoms with E-state index in [1.54, 1.807) is 0 Å². The molecule has 0 fully saturated rings. The van der Waals surface area contributed by atoms with Crippen LogP contribution in [0, 0.1) is 55.4 Å². The van der Waals surface area contributed by atoms with Crippen LogP contribution in [0.2, 0.25) is 0 Å². The lowest BCUT2D eigenvalue weighted by molar-refractivity contribution is 1.23. The Balaban J connectivity index is 0.000000185. The van der Waals surface area contributed by atoms with Gasteiger partial charge in [-0.3, -0.25) is 0 Å². The van der Waals surface area contributed by atoms with Crippen molar-refractivity contribution in [3.8, 4) is 0 Å². The molecule has 0 aliphatic rings. The van der Waals surface area contributed by atoms with Crippen LogP contribution in [-0.4, -0.2) is 0 Å². The van der Waals surface area contributed by atoms with E-state index in [0.717, 1.165) is 0 Å². The summed E-state index contributed by atoms with van der Waals surface area (Å²) < 4.78 is 0. The predicted molar refractivity (Wildman–Crippen MR) is 108 cm³/mol. The molecule has 24 heavy (non-hydrogen) atoms. The number of rotatable bonds is 0. The molecule has 3 aromatic rings. The lowest BCUT2D eigenvalue weighted by atomic mass is 9.94. The van der Waals surface area contributed by atoms with Crippen molar-refractivity contribution in [1.82, 2.24) is 0 Å². The summed E-state index contributed by atoms with van der Waals surface area (Å²) in [6.07, 6.45) is 0. The first-order valence-electron chi connectivity index (χ1n) is 8.73. The molecular weight excluding hydrogens is 288 g/mol. The first kappa shape index (κ1) is 18.3. The predicted octanol–water partition coefficient (Wildman–Crippen LogP) is 6.99. The first-order chi connectivity index (χ1) is 11.2. The van der Waals surface area contributed by atoms with Gasteiger partial charge in [0, 0.05) is 0 Å². The third-order valence-electron chi connectivity index (χ3n) is 5.28. The van der Waals surface area contributed by atoms with Crippen molar-refractivity contribution >= 4 is 10.8 Å². The van der Waals surface area contributed by atoms with Crippen LogP contribution < -0.4 is 0 Å². The zero-order chi connectivity index (χ0) is 18.0. The van der Waals surface area contributed by atoms with Crippen LogP contribution in [0.15, 0.2) is 36.4 Å². The van der Waals surface area contributed by atoms with Gasteiger partial charge in [-0.2, -0.15) is 0 Å². The molecule has 0 heteroatoms. The fourth-order valence-corrected chi connectivity index (χ4v) is 3.40. The van der Waals surface area contributed by atoms with Gasteiger partial charge in [-0.1, -0.05) is 42.0 Å². The Morgan fingerprint density at radius 1 is 0.500 bits per heavy atom. The summed E-state index contributed by atoms with van der Waals surface area (Å²) in [6, 6.07) is 13.2. The van der Waals surface area contributed by atoms with E-state index in [0.29, 0.717) is 0 Å². The molecule has 0 aliphatic carbocycles. The highest BCUT2D eigenvalue weighted by Crippen LogP contribution is 2.27. The number of aryl methyl sites for hydroxylation is 6. The summed E-state index contributed by atoms with van der Waals surface area (Å²) >= 11 is 0. The van der Waals surface area contributed by atoms with Crippen molar-refractivity contribution in [2.45, 2.75) is 55.4 Å². The fraction of sp³-hybridized carbons (Fsp3) is 0.333. The van der Waals surface area contributed by atoms with Crippen molar-refractivity contribution in [3.05, 3.63) is 80.9 Å². The van der Waals surface area contributed by atoms with Gasteiger partial charge in [-0.25, -0.2) is 0 Å². The molecule has 0 radical (unpaired) electrons. The second-order valence-electron chi connectivity index (χ2n) is 7.14. The van der Waals surface area contributed by atoms with Gasteiger partial charge in [0.05, 0.1) is 0 Å². The molecule has 0 nitrogen and oxygen atoms in total. The lowest BCUT2D eigenvalue weighted by Gasteiger charge is -2.11. The summed E-state index contributed by atoms with van der Waals surface area (Å²) in [5, 5.41) is 2.79. The highest BCUT2D eigenvalue weighted by molar-refractivity contribution is 5.90. The maximum Gasteiger partial charge on any atom is -0.0123 e. The Morgan fingerprint density at radius 2 is 1.04 bits per heavy atom. The van der Waals surface area contributed by atoms with Gasteiger partial charge in [0.1, 0.15) is 0 Å². The van der Waals surface area contributed by atoms with Gasteiger partial charge >= 0.3 is 0 Å². The zero-order valence-electron chi connectivity index (χ0n) is 16.5. The van der Waals surface area contributed by atoms with Crippen molar-refractivity contribution in [3.63, 3.8) is 0 Å². The molecule has 0 atom stereocenters. The number of hydrogen-bond donors (Lipinski definition) is 0. The highest BCUT2D eigenvalue weighted by Gasteiger charge is 2.05. The summed E-state index contributed by atoms with van der Waals surface area (Å²) in [5.74, 6) is 0. The van der Waals surface area contributed by atoms with Crippen LogP contribution in [0.3, 0.4) is 0 Å². The molecule has 0 saturated carbocycles. The van der Waals surface area contributed by atoms with Crippen LogP contribution in [0.4, 0.5) is 0 Å². The monoisotopic (exact) mass is 318 g/mol. The van der Waals surface area contributed by atoms with E-state index in [2.05, 4.69) is 91.8 Å². The molecule has 3 rings (SSSR count). The van der Waals surface area contributed by atoms with Gasteiger partial charge < -0.3 is 0 Å². The Labute approximate surface area is 147 Å². The second-order valence-corrected chi connectivity index (χ2v) is 7.14. The summed E-state index contributed by atoms with van der Waals surface area (Å²) in [4.78, 5) is 0. The average molecular weight is 319 g/mol. The van der Waals surface area contributed by atoms with E-state index < -0.39 is 0 Å². The van der Waals surface area contributed by atoms with E-state index in [1.165, 1.54) is 55.3 Å². The maximum absolute atomic E-state index is 2.28. The third-order valence-corrected chi connectivity index (χ3v) is 5.28. The molecule has 0 saturated heterocycles. The summed E-state index contributed by atoms with van der Waals surface area (Å²) in [6.45, 7) is 17.4. The van der Waals surface area contributed by atoms with E-state index >= 15 is 0 Å². The van der Waals surface area contributed by atoms with Crippen molar-refractivity contribution in [2.24, 2.45) is 0 Å². The van der Waals surface area contributed by atoms with Gasteiger partial charge in [0.2, 0.25) is 0 Å². The Hall–Kier alpha value is -2.08. The molecule has 0 bridgehead atoms. The van der Waals surface area contributed by atoms with E-state index in [9.17, 15) is 0 Å². The van der Waals surface area contributed by atoms with Gasteiger partial charge in [0.15, 0.2) is 0 Å². The Kier molecular flexibility index (Phi) is 5.49. The molecule has 0 aliphatic heterocycles. The molecule has 0 N–H and O–H groups in total. The first-order valence-corrected chi connectivity index (χ1v) is 8.73. The number of hydrogen-bond acceptors (Lipinski definition) is 0. The third kappa shape index (κ3) is 3.70. The quantitative estimate of drug-likeness (QED) is 0.419. The SMILES string of the molecule is Cc1cc(C)c(C)c(C)c1.Cc1cc2cccc(C)c2c(C)c1C. The van der Waals surface area contributed by atoms with E-state index in [4.69, 9.17) is 0 Å². The maximum atomic E-state index is 2.28. The summed E-state index contributed by atoms with van der Waals surface area (Å²) in [7, 11) is 0. The summed E-state index contributed by atoms with van der Waals surface area (Å²) in [5.41, 5.74) is 11.2. The molecular formula is C24H30. The molecule has 0 spiro atoms. The van der Waals surface area contributed by atoms with Crippen LogP contribution >= 0.6 is 0 Å². The van der Waals surface area contributed by atoms with Gasteiger partial charge in [-0.05, 0) is 105 Å². The minimum Gasteiger partial charge on any atom is -0.0614 e. The van der Waals surface area contributed by atoms with E-state index in [-0.39, 0.29) is 0 Å². The molecule has 0 unspecified atom stereocenters. The number of fused-ring (bicyclic) bond motifs is 1. The minimum atomic E-state index is 1.36. The van der Waals surface area contributed by atoms with E-state index in [1.807, 2.05) is 0 Å². The molecule has 0 heterocycles. The van der Waals surface area contributed by atoms with Crippen molar-refractivity contribution in [2.75, 3.05) is 0 Å². The van der Waals surface area contributed by atoms with Crippen molar-refractivity contribution < 1.29 is 0 Å². The second kappa shape index (κ2) is 7.21. The lowest BCUT2D eigenvalue weighted by Crippen LogP contribution is -1.90. The van der Waals surface area contributed by atoms with Crippen LogP contribution in [0.25, 0.3) is 10.8 Å². The molecule has 3 aromatic carbocycles. The molecule has 126 valence electrons. The fourth-order valence-electron chi connectivity index (χ4n) is 3.40. The average Bonchev–Trinajstić information content (AvgIpc) is 2.51. The minimum absolute atomic E-state index is 1.36. The topological polar surface area (TPSA) is 0 Å². The van der Waals surface area contributed by atoms with Gasteiger partial charge in [-0.15, -0.1) is 0 Å². The standard InChI is InChI=1S/C14H16.C10H14/c1-9-6-5-7-13-8-10(2)11(3)12(4)14(9)13;1-7-5-8(2)10(4)9(3)6-7/h5-8H,1-4H3;5-6H,1-4H3. The zero-order valence-corrected chi connectivity index (χ0v) is 16.5. The van der Waals surface area contributed by atoms with Gasteiger partial charge in [0.25, 0.3) is 0 Å². The molecule has 0 aromatic heterocycles. The Morgan fingerprint density at radius 3 is 1.62 bits per heavy atom. The van der Waals surface area contributed by atoms with Crippen LogP contribution in [-0.2, 0) is 0 Å². The normalized spacial score (nSPS) is 10.5. The largest absolute Gasteiger partial charge is 0.0614 e. The van der Waals surface area contributed by atoms with Crippen molar-refractivity contribution in [1.29, 1.82) is 0 Å². The highest BCUT2D eigenvalue weighted by atomic mass is 14.1. The smallest absolute Gasteiger partial charge is 0.0123 e. The van der Waals surface area contributed by atoms with Crippen LogP contribution in [0.1, 0.15) is 44.5 Å². The Bertz CT molecular complexity index is 859. The van der Waals surface area contributed by atoms with Crippen LogP contribution in [0.5, 0.6) is 0 Å². The molecule has 0 amide bonds.